The Labute approximate surface area is 72.3 Å². The van der Waals surface area contributed by atoms with Crippen molar-refractivity contribution in [1.82, 2.24) is 0 Å². The average Bonchev–Trinajstić information content (AvgIpc) is 2.03. The van der Waals surface area contributed by atoms with Gasteiger partial charge in [0.25, 0.3) is 0 Å². The molecule has 0 aliphatic rings. The van der Waals surface area contributed by atoms with Gasteiger partial charge in [-0.25, -0.2) is 0 Å². The van der Waals surface area contributed by atoms with E-state index in [1.165, 1.54) is 20.1 Å². The van der Waals surface area contributed by atoms with Crippen LogP contribution in [0, 0.1) is 0 Å². The lowest BCUT2D eigenvalue weighted by Crippen LogP contribution is -2.05. The molecule has 0 aromatic carbocycles. The predicted octanol–water partition coefficient (Wildman–Crippen LogP) is 3.42. The predicted molar refractivity (Wildman–Crippen MR) is 55.7 cm³/mol. The molecule has 0 saturated carbocycles. The fourth-order valence-electron chi connectivity index (χ4n) is 1.34. The van der Waals surface area contributed by atoms with Gasteiger partial charge in [0, 0.05) is 0 Å². The first-order valence-electron chi connectivity index (χ1n) is 4.87. The third kappa shape index (κ3) is 5.12. The van der Waals surface area contributed by atoms with Gasteiger partial charge in [-0.05, 0) is 12.7 Å². The van der Waals surface area contributed by atoms with Crippen LogP contribution in [-0.4, -0.2) is 7.28 Å². The lowest BCUT2D eigenvalue weighted by Gasteiger charge is -2.12. The topological polar surface area (TPSA) is 0 Å². The molecule has 0 rings (SSSR count). The molecule has 0 bridgehead atoms. The highest BCUT2D eigenvalue weighted by Crippen LogP contribution is 2.19. The van der Waals surface area contributed by atoms with Crippen LogP contribution in [0.3, 0.4) is 0 Å². The van der Waals surface area contributed by atoms with Crippen molar-refractivity contribution >= 4 is 7.28 Å². The Hall–Kier alpha value is -0.195. The summed E-state index contributed by atoms with van der Waals surface area (Å²) in [6.07, 6.45) is 7.12. The normalized spacial score (nSPS) is 16.7. The molecule has 0 heterocycles. The Morgan fingerprint density at radius 1 is 1.27 bits per heavy atom. The Bertz CT molecular complexity index is 107. The molecule has 0 fully saturated rings. The zero-order valence-corrected chi connectivity index (χ0v) is 8.43. The zero-order chi connectivity index (χ0) is 8.69. The summed E-state index contributed by atoms with van der Waals surface area (Å²) in [5, 5.41) is 0. The highest BCUT2D eigenvalue weighted by atomic mass is 13.9. The fraction of sp³-hybridized carbons (Fsp3) is 0.800. The van der Waals surface area contributed by atoms with Gasteiger partial charge in [0.15, 0.2) is 0 Å². The third-order valence-corrected chi connectivity index (χ3v) is 2.39. The number of hydrogen-bond donors (Lipinski definition) is 0. The molecular formula is C10H21B. The van der Waals surface area contributed by atoms with Gasteiger partial charge in [0.2, 0.25) is 0 Å². The number of rotatable bonds is 5. The van der Waals surface area contributed by atoms with Crippen molar-refractivity contribution in [3.05, 3.63) is 12.2 Å². The SMILES string of the molecule is CC=CC(BC(C)CC)CC. The maximum Gasteiger partial charge on any atom is 0.131 e. The summed E-state index contributed by atoms with van der Waals surface area (Å²) in [6.45, 7) is 8.99. The first-order chi connectivity index (χ1) is 5.24. The van der Waals surface area contributed by atoms with E-state index in [2.05, 4.69) is 39.8 Å². The summed E-state index contributed by atoms with van der Waals surface area (Å²) in [5.41, 5.74) is 0. The third-order valence-electron chi connectivity index (χ3n) is 2.39. The minimum atomic E-state index is 0.815. The molecule has 0 aromatic heterocycles. The Morgan fingerprint density at radius 3 is 2.27 bits per heavy atom. The summed E-state index contributed by atoms with van der Waals surface area (Å²) in [5.74, 6) is 1.70. The summed E-state index contributed by atoms with van der Waals surface area (Å²) in [4.78, 5) is 0. The van der Waals surface area contributed by atoms with Crippen LogP contribution in [0.4, 0.5) is 0 Å². The van der Waals surface area contributed by atoms with E-state index >= 15 is 0 Å². The molecule has 1 heteroatoms. The molecule has 2 atom stereocenters. The van der Waals surface area contributed by atoms with Crippen LogP contribution in [0.5, 0.6) is 0 Å². The quantitative estimate of drug-likeness (QED) is 0.418. The highest BCUT2D eigenvalue weighted by Gasteiger charge is 2.08. The minimum Gasteiger partial charge on any atom is -0.0933 e. The zero-order valence-electron chi connectivity index (χ0n) is 8.43. The molecule has 2 unspecified atom stereocenters. The standard InChI is InChI=1S/C10H21B/c1-5-8-10(7-3)11-9(4)6-2/h5,8-11H,6-7H2,1-4H3. The fourth-order valence-corrected chi connectivity index (χ4v) is 1.34. The van der Waals surface area contributed by atoms with E-state index in [0.29, 0.717) is 0 Å². The van der Waals surface area contributed by atoms with E-state index in [4.69, 9.17) is 0 Å². The Balaban J connectivity index is 3.67. The molecule has 0 aliphatic heterocycles. The molecule has 0 aromatic rings. The van der Waals surface area contributed by atoms with E-state index < -0.39 is 0 Å². The monoisotopic (exact) mass is 152 g/mol. The molecule has 0 N–H and O–H groups in total. The molecule has 0 nitrogen and oxygen atoms in total. The highest BCUT2D eigenvalue weighted by molar-refractivity contribution is 6.40. The van der Waals surface area contributed by atoms with Crippen LogP contribution >= 0.6 is 0 Å². The van der Waals surface area contributed by atoms with Crippen molar-refractivity contribution in [2.45, 2.75) is 52.2 Å². The second-order valence-corrected chi connectivity index (χ2v) is 3.44. The summed E-state index contributed by atoms with van der Waals surface area (Å²) in [7, 11) is 1.36. The number of allylic oxidation sites excluding steroid dienone is 2. The van der Waals surface area contributed by atoms with Gasteiger partial charge in [-0.1, -0.05) is 51.6 Å². The van der Waals surface area contributed by atoms with Gasteiger partial charge in [0.05, 0.1) is 0 Å². The first-order valence-corrected chi connectivity index (χ1v) is 4.87. The van der Waals surface area contributed by atoms with Gasteiger partial charge in [-0.2, -0.15) is 0 Å². The van der Waals surface area contributed by atoms with Gasteiger partial charge in [-0.15, -0.1) is 0 Å². The molecule has 0 radical (unpaired) electrons. The smallest absolute Gasteiger partial charge is 0.0933 e. The van der Waals surface area contributed by atoms with Crippen molar-refractivity contribution in [1.29, 1.82) is 0 Å². The lowest BCUT2D eigenvalue weighted by atomic mass is 9.54. The molecular weight excluding hydrogens is 131 g/mol. The summed E-state index contributed by atoms with van der Waals surface area (Å²) >= 11 is 0. The van der Waals surface area contributed by atoms with Gasteiger partial charge in [0.1, 0.15) is 7.28 Å². The molecule has 0 saturated heterocycles. The van der Waals surface area contributed by atoms with Crippen molar-refractivity contribution in [3.63, 3.8) is 0 Å². The molecule has 0 aliphatic carbocycles. The second kappa shape index (κ2) is 6.51. The Morgan fingerprint density at radius 2 is 1.91 bits per heavy atom. The van der Waals surface area contributed by atoms with Gasteiger partial charge >= 0.3 is 0 Å². The minimum absolute atomic E-state index is 0.815. The van der Waals surface area contributed by atoms with Crippen LogP contribution in [-0.2, 0) is 0 Å². The van der Waals surface area contributed by atoms with Crippen molar-refractivity contribution in [3.8, 4) is 0 Å². The van der Waals surface area contributed by atoms with E-state index in [1.807, 2.05) is 0 Å². The van der Waals surface area contributed by atoms with E-state index in [0.717, 1.165) is 11.6 Å². The summed E-state index contributed by atoms with van der Waals surface area (Å²) in [6, 6.07) is 0. The van der Waals surface area contributed by atoms with Crippen molar-refractivity contribution in [2.24, 2.45) is 0 Å². The van der Waals surface area contributed by atoms with Crippen LogP contribution in [0.25, 0.3) is 0 Å². The van der Waals surface area contributed by atoms with Crippen LogP contribution < -0.4 is 0 Å². The Kier molecular flexibility index (Phi) is 6.40. The first kappa shape index (κ1) is 10.8. The van der Waals surface area contributed by atoms with Crippen LogP contribution in [0.15, 0.2) is 12.2 Å². The van der Waals surface area contributed by atoms with Gasteiger partial charge in [-0.3, -0.25) is 0 Å². The van der Waals surface area contributed by atoms with Gasteiger partial charge < -0.3 is 0 Å². The van der Waals surface area contributed by atoms with Crippen molar-refractivity contribution < 1.29 is 0 Å². The maximum absolute atomic E-state index is 2.34. The van der Waals surface area contributed by atoms with E-state index in [9.17, 15) is 0 Å². The molecule has 11 heavy (non-hydrogen) atoms. The average molecular weight is 152 g/mol. The summed E-state index contributed by atoms with van der Waals surface area (Å²) < 4.78 is 0. The largest absolute Gasteiger partial charge is 0.131 e. The van der Waals surface area contributed by atoms with E-state index in [-0.39, 0.29) is 0 Å². The van der Waals surface area contributed by atoms with E-state index in [1.54, 1.807) is 0 Å². The number of hydrogen-bond acceptors (Lipinski definition) is 0. The van der Waals surface area contributed by atoms with Crippen molar-refractivity contribution in [2.75, 3.05) is 0 Å². The molecule has 0 spiro atoms. The maximum atomic E-state index is 2.34. The molecule has 0 amide bonds. The lowest BCUT2D eigenvalue weighted by molar-refractivity contribution is 0.832. The molecule has 64 valence electrons. The van der Waals surface area contributed by atoms with Crippen LogP contribution in [0.1, 0.15) is 40.5 Å². The second-order valence-electron chi connectivity index (χ2n) is 3.44. The van der Waals surface area contributed by atoms with Crippen LogP contribution in [0.2, 0.25) is 11.6 Å².